The first-order chi connectivity index (χ1) is 6.95. The predicted molar refractivity (Wildman–Crippen MR) is 49.0 cm³/mol. The third-order valence-electron chi connectivity index (χ3n) is 1.26. The van der Waals surface area contributed by atoms with E-state index < -0.39 is 30.4 Å². The second kappa shape index (κ2) is 6.58. The maximum atomic E-state index is 10.8. The summed E-state index contributed by atoms with van der Waals surface area (Å²) >= 11 is 0. The lowest BCUT2D eigenvalue weighted by Gasteiger charge is -2.11. The van der Waals surface area contributed by atoms with Crippen molar-refractivity contribution in [3.8, 4) is 0 Å². The fraction of sp³-hybridized carbons (Fsp3) is 0.444. The maximum Gasteiger partial charge on any atom is 0.330 e. The Kier molecular flexibility index (Phi) is 5.77. The van der Waals surface area contributed by atoms with Gasteiger partial charge in [-0.3, -0.25) is 9.59 Å². The Morgan fingerprint density at radius 2 is 2.07 bits per heavy atom. The van der Waals surface area contributed by atoms with E-state index in [0.29, 0.717) is 0 Å². The molecule has 0 aliphatic carbocycles. The molecule has 0 amide bonds. The van der Waals surface area contributed by atoms with Crippen LogP contribution in [0.25, 0.3) is 0 Å². The zero-order valence-electron chi connectivity index (χ0n) is 8.26. The molecule has 0 rings (SSSR count). The third kappa shape index (κ3) is 7.24. The van der Waals surface area contributed by atoms with E-state index in [1.807, 2.05) is 0 Å². The summed E-state index contributed by atoms with van der Waals surface area (Å²) in [7, 11) is 0. The van der Waals surface area contributed by atoms with Crippen LogP contribution in [0.2, 0.25) is 0 Å². The highest BCUT2D eigenvalue weighted by Gasteiger charge is 2.13. The van der Waals surface area contributed by atoms with Gasteiger partial charge in [0.15, 0.2) is 0 Å². The standard InChI is InChI=1S/C9H12O6/c1-3-8(12)14-5-6(2)15-9(13)4-7(10)11/h3,6H,1,4-5H2,2H3,(H,10,11). The third-order valence-corrected chi connectivity index (χ3v) is 1.26. The van der Waals surface area contributed by atoms with Gasteiger partial charge in [0.1, 0.15) is 19.1 Å². The number of carboxylic acid groups (broad SMARTS) is 1. The molecule has 15 heavy (non-hydrogen) atoms. The van der Waals surface area contributed by atoms with Crippen LogP contribution in [-0.2, 0) is 23.9 Å². The fourth-order valence-electron chi connectivity index (χ4n) is 0.682. The van der Waals surface area contributed by atoms with Gasteiger partial charge in [0.25, 0.3) is 0 Å². The van der Waals surface area contributed by atoms with Crippen LogP contribution in [0.3, 0.4) is 0 Å². The Bertz CT molecular complexity index is 270. The molecular formula is C9H12O6. The van der Waals surface area contributed by atoms with Gasteiger partial charge in [0.05, 0.1) is 0 Å². The molecule has 0 bridgehead atoms. The highest BCUT2D eigenvalue weighted by Crippen LogP contribution is 1.96. The van der Waals surface area contributed by atoms with Gasteiger partial charge in [0.2, 0.25) is 0 Å². The van der Waals surface area contributed by atoms with Gasteiger partial charge in [-0.25, -0.2) is 4.79 Å². The summed E-state index contributed by atoms with van der Waals surface area (Å²) in [5.41, 5.74) is 0. The highest BCUT2D eigenvalue weighted by molar-refractivity contribution is 5.90. The topological polar surface area (TPSA) is 89.9 Å². The lowest BCUT2D eigenvalue weighted by atomic mass is 10.4. The smallest absolute Gasteiger partial charge is 0.330 e. The largest absolute Gasteiger partial charge is 0.481 e. The molecule has 0 saturated carbocycles. The van der Waals surface area contributed by atoms with Crippen LogP contribution >= 0.6 is 0 Å². The van der Waals surface area contributed by atoms with Gasteiger partial charge >= 0.3 is 17.9 Å². The van der Waals surface area contributed by atoms with Crippen molar-refractivity contribution in [3.63, 3.8) is 0 Å². The minimum Gasteiger partial charge on any atom is -0.481 e. The van der Waals surface area contributed by atoms with E-state index in [2.05, 4.69) is 16.1 Å². The molecule has 1 N–H and O–H groups in total. The number of aliphatic carboxylic acids is 1. The minimum atomic E-state index is -1.27. The number of carbonyl (C=O) groups is 3. The Labute approximate surface area is 86.5 Å². The molecule has 0 saturated heterocycles. The lowest BCUT2D eigenvalue weighted by molar-refractivity contribution is -0.159. The fourth-order valence-corrected chi connectivity index (χ4v) is 0.682. The molecule has 0 heterocycles. The SMILES string of the molecule is C=CC(=O)OCC(C)OC(=O)CC(=O)O. The summed E-state index contributed by atoms with van der Waals surface area (Å²) < 4.78 is 9.20. The minimum absolute atomic E-state index is 0.129. The Morgan fingerprint density at radius 3 is 2.53 bits per heavy atom. The van der Waals surface area contributed by atoms with Crippen molar-refractivity contribution in [2.75, 3.05) is 6.61 Å². The average Bonchev–Trinajstić information content (AvgIpc) is 2.12. The van der Waals surface area contributed by atoms with Crippen molar-refractivity contribution in [1.29, 1.82) is 0 Å². The normalized spacial score (nSPS) is 11.3. The number of carboxylic acids is 1. The van der Waals surface area contributed by atoms with E-state index in [1.165, 1.54) is 6.92 Å². The summed E-state index contributed by atoms with van der Waals surface area (Å²) in [6.45, 7) is 4.53. The first-order valence-corrected chi connectivity index (χ1v) is 4.16. The molecular weight excluding hydrogens is 204 g/mol. The van der Waals surface area contributed by atoms with Crippen molar-refractivity contribution in [2.45, 2.75) is 19.4 Å². The lowest BCUT2D eigenvalue weighted by Crippen LogP contribution is -2.23. The average molecular weight is 216 g/mol. The van der Waals surface area contributed by atoms with Crippen LogP contribution < -0.4 is 0 Å². The molecule has 1 unspecified atom stereocenters. The van der Waals surface area contributed by atoms with Crippen molar-refractivity contribution in [2.24, 2.45) is 0 Å². The molecule has 1 atom stereocenters. The Morgan fingerprint density at radius 1 is 1.47 bits per heavy atom. The van der Waals surface area contributed by atoms with Gasteiger partial charge in [-0.15, -0.1) is 0 Å². The molecule has 0 spiro atoms. The van der Waals surface area contributed by atoms with E-state index in [0.717, 1.165) is 6.08 Å². The van der Waals surface area contributed by atoms with Crippen LogP contribution in [-0.4, -0.2) is 35.7 Å². The van der Waals surface area contributed by atoms with E-state index in [-0.39, 0.29) is 6.61 Å². The van der Waals surface area contributed by atoms with Crippen molar-refractivity contribution in [1.82, 2.24) is 0 Å². The molecule has 0 aromatic carbocycles. The van der Waals surface area contributed by atoms with Gasteiger partial charge < -0.3 is 14.6 Å². The predicted octanol–water partition coefficient (Wildman–Crippen LogP) is 0.122. The van der Waals surface area contributed by atoms with Gasteiger partial charge in [-0.05, 0) is 6.92 Å². The zero-order valence-corrected chi connectivity index (χ0v) is 8.26. The number of hydrogen-bond acceptors (Lipinski definition) is 5. The molecule has 84 valence electrons. The van der Waals surface area contributed by atoms with Gasteiger partial charge in [0, 0.05) is 6.08 Å². The molecule has 6 nitrogen and oxygen atoms in total. The van der Waals surface area contributed by atoms with E-state index in [4.69, 9.17) is 5.11 Å². The van der Waals surface area contributed by atoms with Crippen LogP contribution in [0, 0.1) is 0 Å². The van der Waals surface area contributed by atoms with Crippen molar-refractivity contribution < 1.29 is 29.0 Å². The first-order valence-electron chi connectivity index (χ1n) is 4.16. The molecule has 0 fully saturated rings. The number of ether oxygens (including phenoxy) is 2. The van der Waals surface area contributed by atoms with Gasteiger partial charge in [-0.1, -0.05) is 6.58 Å². The number of esters is 2. The molecule has 0 aromatic rings. The van der Waals surface area contributed by atoms with E-state index >= 15 is 0 Å². The molecule has 0 aliphatic heterocycles. The van der Waals surface area contributed by atoms with Crippen LogP contribution in [0.1, 0.15) is 13.3 Å². The van der Waals surface area contributed by atoms with Crippen LogP contribution in [0.15, 0.2) is 12.7 Å². The first kappa shape index (κ1) is 13.2. The summed E-state index contributed by atoms with van der Waals surface area (Å²) in [6, 6.07) is 0. The van der Waals surface area contributed by atoms with Crippen molar-refractivity contribution >= 4 is 17.9 Å². The summed E-state index contributed by atoms with van der Waals surface area (Å²) in [4.78, 5) is 31.5. The molecule has 0 aliphatic rings. The van der Waals surface area contributed by atoms with Gasteiger partial charge in [-0.2, -0.15) is 0 Å². The van der Waals surface area contributed by atoms with Crippen LogP contribution in [0.5, 0.6) is 0 Å². The summed E-state index contributed by atoms with van der Waals surface area (Å²) in [5.74, 6) is -2.77. The molecule has 0 aromatic heterocycles. The quantitative estimate of drug-likeness (QED) is 0.385. The molecule has 6 heteroatoms. The van der Waals surface area contributed by atoms with E-state index in [1.54, 1.807) is 0 Å². The van der Waals surface area contributed by atoms with Crippen LogP contribution in [0.4, 0.5) is 0 Å². The zero-order chi connectivity index (χ0) is 11.8. The summed E-state index contributed by atoms with van der Waals surface area (Å²) in [5, 5.41) is 8.25. The Balaban J connectivity index is 3.78. The van der Waals surface area contributed by atoms with E-state index in [9.17, 15) is 14.4 Å². The second-order valence-corrected chi connectivity index (χ2v) is 2.71. The Hall–Kier alpha value is -1.85. The number of rotatable bonds is 6. The number of hydrogen-bond donors (Lipinski definition) is 1. The highest BCUT2D eigenvalue weighted by atomic mass is 16.6. The summed E-state index contributed by atoms with van der Waals surface area (Å²) in [6.07, 6.45) is -0.410. The van der Waals surface area contributed by atoms with Crippen molar-refractivity contribution in [3.05, 3.63) is 12.7 Å². The monoisotopic (exact) mass is 216 g/mol. The molecule has 0 radical (unpaired) electrons. The maximum absolute atomic E-state index is 10.8. The second-order valence-electron chi connectivity index (χ2n) is 2.71. The number of carbonyl (C=O) groups excluding carboxylic acids is 2.